The predicted octanol–water partition coefficient (Wildman–Crippen LogP) is 4.12. The number of hydrogen-bond donors (Lipinski definition) is 1. The summed E-state index contributed by atoms with van der Waals surface area (Å²) < 4.78 is 0. The Kier molecular flexibility index (Phi) is 8.04. The van der Waals surface area contributed by atoms with Crippen LogP contribution in [0.15, 0.2) is 0 Å². The Morgan fingerprint density at radius 1 is 1.20 bits per heavy atom. The van der Waals surface area contributed by atoms with Crippen molar-refractivity contribution in [2.24, 2.45) is 0 Å². The van der Waals surface area contributed by atoms with Crippen molar-refractivity contribution in [2.75, 3.05) is 37.9 Å². The molecule has 0 aliphatic carbocycles. The largest absolute Gasteiger partial charge is 0.292 e. The molecule has 148 valence electrons. The van der Waals surface area contributed by atoms with Crippen LogP contribution in [0.4, 0.5) is 0 Å². The molecule has 0 bridgehead atoms. The van der Waals surface area contributed by atoms with Crippen LogP contribution in [0, 0.1) is 0 Å². The van der Waals surface area contributed by atoms with Gasteiger partial charge in [-0.05, 0) is 43.9 Å². The third-order valence-corrected chi connectivity index (χ3v) is 16.5. The molecule has 0 aromatic rings. The summed E-state index contributed by atoms with van der Waals surface area (Å²) in [5, 5.41) is 5.51. The molecule has 0 saturated carbocycles. The van der Waals surface area contributed by atoms with Crippen LogP contribution < -0.4 is 0 Å². The van der Waals surface area contributed by atoms with E-state index in [1.54, 1.807) is 0 Å². The molecule has 2 saturated heterocycles. The number of thiol groups is 1. The topological polar surface area (TPSA) is 9.72 Å². The van der Waals surface area contributed by atoms with Gasteiger partial charge in [0.2, 0.25) is 0 Å². The Morgan fingerprint density at radius 2 is 1.88 bits per heavy atom. The highest BCUT2D eigenvalue weighted by Gasteiger charge is 2.44. The number of nitrogens with zero attached hydrogens (tertiary/aromatic N) is 3. The molecule has 25 heavy (non-hydrogen) atoms. The minimum atomic E-state index is -1.13. The van der Waals surface area contributed by atoms with E-state index in [2.05, 4.69) is 74.6 Å². The zero-order valence-corrected chi connectivity index (χ0v) is 21.3. The summed E-state index contributed by atoms with van der Waals surface area (Å²) in [4.78, 5) is 2.66. The van der Waals surface area contributed by atoms with Gasteiger partial charge in [0.15, 0.2) is 0 Å². The first kappa shape index (κ1) is 22.3. The smallest absolute Gasteiger partial charge is 0.0720 e. The SMILES string of the molecule is CC[Si]1(CCSCC2C[Si](C)(C)CN2N(C)C)CC(S)N(C(C)C)C1. The lowest BCUT2D eigenvalue weighted by atomic mass is 10.3. The van der Waals surface area contributed by atoms with Crippen molar-refractivity contribution < 1.29 is 0 Å². The monoisotopic (exact) mass is 419 g/mol. The van der Waals surface area contributed by atoms with E-state index < -0.39 is 16.1 Å². The molecule has 7 heteroatoms. The first-order chi connectivity index (χ1) is 11.6. The fourth-order valence-electron chi connectivity index (χ4n) is 4.70. The average molecular weight is 420 g/mol. The highest BCUT2D eigenvalue weighted by Crippen LogP contribution is 2.37. The lowest BCUT2D eigenvalue weighted by Crippen LogP contribution is -2.43. The maximum absolute atomic E-state index is 4.91. The van der Waals surface area contributed by atoms with Crippen molar-refractivity contribution in [1.82, 2.24) is 14.9 Å². The van der Waals surface area contributed by atoms with E-state index >= 15 is 0 Å². The molecule has 2 aliphatic rings. The fourth-order valence-corrected chi connectivity index (χ4v) is 16.5. The number of thioether (sulfide) groups is 1. The molecule has 2 rings (SSSR count). The normalized spacial score (nSPS) is 33.8. The standard InChI is InChI=1S/C18H41N3S2Si2/c1-8-25(13-18(22)20(14-25)16(2)3)10-9-23-11-17-12-24(6,7)15-21(17)19(4)5/h16-18,22H,8-15H2,1-7H3. The lowest BCUT2D eigenvalue weighted by molar-refractivity contribution is 0.0264. The van der Waals surface area contributed by atoms with Crippen LogP contribution in [0.2, 0.25) is 37.3 Å². The van der Waals surface area contributed by atoms with Gasteiger partial charge in [-0.1, -0.05) is 26.1 Å². The van der Waals surface area contributed by atoms with E-state index in [0.29, 0.717) is 11.4 Å². The van der Waals surface area contributed by atoms with Crippen molar-refractivity contribution in [2.45, 2.75) is 75.5 Å². The van der Waals surface area contributed by atoms with E-state index in [1.165, 1.54) is 48.0 Å². The van der Waals surface area contributed by atoms with Gasteiger partial charge in [0.25, 0.3) is 0 Å². The van der Waals surface area contributed by atoms with Crippen molar-refractivity contribution in [3.8, 4) is 0 Å². The van der Waals surface area contributed by atoms with Gasteiger partial charge in [0.1, 0.15) is 0 Å². The molecular formula is C18H41N3S2Si2. The van der Waals surface area contributed by atoms with Crippen LogP contribution in [0.25, 0.3) is 0 Å². The summed E-state index contributed by atoms with van der Waals surface area (Å²) in [5.41, 5.74) is 0. The Hall–Kier alpha value is 1.01. The van der Waals surface area contributed by atoms with Gasteiger partial charge in [0.05, 0.1) is 21.5 Å². The van der Waals surface area contributed by atoms with Crippen LogP contribution in [-0.2, 0) is 0 Å². The zero-order valence-electron chi connectivity index (χ0n) is 17.6. The van der Waals surface area contributed by atoms with Crippen LogP contribution in [-0.4, -0.2) is 86.5 Å². The van der Waals surface area contributed by atoms with Crippen molar-refractivity contribution in [3.63, 3.8) is 0 Å². The summed E-state index contributed by atoms with van der Waals surface area (Å²) in [6, 6.07) is 7.21. The van der Waals surface area contributed by atoms with Crippen LogP contribution in [0.3, 0.4) is 0 Å². The summed E-state index contributed by atoms with van der Waals surface area (Å²) >= 11 is 7.14. The quantitative estimate of drug-likeness (QED) is 0.360. The molecular weight excluding hydrogens is 379 g/mol. The van der Waals surface area contributed by atoms with Crippen molar-refractivity contribution in [3.05, 3.63) is 0 Å². The number of hydrogen-bond acceptors (Lipinski definition) is 5. The van der Waals surface area contributed by atoms with E-state index in [4.69, 9.17) is 12.6 Å². The van der Waals surface area contributed by atoms with Crippen molar-refractivity contribution in [1.29, 1.82) is 0 Å². The fraction of sp³-hybridized carbons (Fsp3) is 1.00. The zero-order chi connectivity index (χ0) is 18.8. The average Bonchev–Trinajstić information content (AvgIpc) is 3.01. The highest BCUT2D eigenvalue weighted by molar-refractivity contribution is 7.99. The molecule has 3 atom stereocenters. The van der Waals surface area contributed by atoms with Gasteiger partial charge in [-0.2, -0.15) is 24.4 Å². The number of hydrazine groups is 1. The maximum atomic E-state index is 4.91. The molecule has 0 radical (unpaired) electrons. The lowest BCUT2D eigenvalue weighted by Gasteiger charge is -2.31. The van der Waals surface area contributed by atoms with Crippen LogP contribution >= 0.6 is 24.4 Å². The minimum Gasteiger partial charge on any atom is -0.292 e. The Balaban J connectivity index is 1.82. The van der Waals surface area contributed by atoms with Gasteiger partial charge >= 0.3 is 0 Å². The molecule has 0 amide bonds. The Labute approximate surface area is 168 Å². The molecule has 2 aliphatic heterocycles. The van der Waals surface area contributed by atoms with Gasteiger partial charge in [-0.15, -0.1) is 0 Å². The van der Waals surface area contributed by atoms with E-state index in [-0.39, 0.29) is 0 Å². The molecule has 2 heterocycles. The summed E-state index contributed by atoms with van der Waals surface area (Å²) in [6.07, 6.45) is 2.71. The molecule has 2 fully saturated rings. The minimum absolute atomic E-state index is 0.516. The number of rotatable bonds is 8. The van der Waals surface area contributed by atoms with E-state index in [1.807, 2.05) is 0 Å². The molecule has 0 aromatic heterocycles. The second-order valence-electron chi connectivity index (χ2n) is 9.60. The van der Waals surface area contributed by atoms with Gasteiger partial charge in [0, 0.05) is 38.1 Å². The van der Waals surface area contributed by atoms with E-state index in [0.717, 1.165) is 6.04 Å². The Bertz CT molecular complexity index is 437. The van der Waals surface area contributed by atoms with E-state index in [9.17, 15) is 0 Å². The summed E-state index contributed by atoms with van der Waals surface area (Å²) in [6.45, 7) is 12.2. The molecule has 0 aromatic carbocycles. The third-order valence-electron chi connectivity index (χ3n) is 6.33. The summed E-state index contributed by atoms with van der Waals surface area (Å²) in [5.74, 6) is 2.69. The molecule has 3 unspecified atom stereocenters. The van der Waals surface area contributed by atoms with Gasteiger partial charge < -0.3 is 0 Å². The van der Waals surface area contributed by atoms with Crippen LogP contribution in [0.5, 0.6) is 0 Å². The van der Waals surface area contributed by atoms with Gasteiger partial charge in [-0.25, -0.2) is 10.0 Å². The Morgan fingerprint density at radius 3 is 2.40 bits per heavy atom. The van der Waals surface area contributed by atoms with Crippen LogP contribution in [0.1, 0.15) is 20.8 Å². The third kappa shape index (κ3) is 5.75. The molecule has 0 N–H and O–H groups in total. The summed E-state index contributed by atoms with van der Waals surface area (Å²) in [7, 11) is 2.31. The van der Waals surface area contributed by atoms with Gasteiger partial charge in [-0.3, -0.25) is 4.90 Å². The predicted molar refractivity (Wildman–Crippen MR) is 124 cm³/mol. The van der Waals surface area contributed by atoms with Crippen molar-refractivity contribution >= 4 is 40.5 Å². The second-order valence-corrected chi connectivity index (χ2v) is 21.3. The first-order valence-electron chi connectivity index (χ1n) is 10.0. The molecule has 0 spiro atoms. The molecule has 3 nitrogen and oxygen atoms in total. The highest BCUT2D eigenvalue weighted by atomic mass is 32.2. The first-order valence-corrected chi connectivity index (χ1v) is 18.0. The second kappa shape index (κ2) is 9.01. The maximum Gasteiger partial charge on any atom is 0.0720 e.